The van der Waals surface area contributed by atoms with E-state index in [-0.39, 0.29) is 5.54 Å². The topological polar surface area (TPSA) is 50.9 Å². The standard InChI is InChI=1S/C14H17N3O/c15-13-16-9-14(17(13)10-5-6-10)7-8-18-12-4-2-1-3-11(12)14/h1-4,10H,5-9H2,(H2,15,16). The number of para-hydroxylation sites is 1. The SMILES string of the molecule is NC1=NCC2(CCOc3ccccc32)N1C1CC1. The number of aliphatic imine (C=N–C) groups is 1. The van der Waals surface area contributed by atoms with Crippen molar-refractivity contribution in [2.75, 3.05) is 13.2 Å². The second kappa shape index (κ2) is 3.40. The third-order valence-electron chi connectivity index (χ3n) is 4.28. The Morgan fingerprint density at radius 1 is 1.33 bits per heavy atom. The first-order valence-corrected chi connectivity index (χ1v) is 6.63. The molecule has 1 saturated carbocycles. The van der Waals surface area contributed by atoms with Crippen molar-refractivity contribution in [1.29, 1.82) is 0 Å². The predicted octanol–water partition coefficient (Wildman–Crippen LogP) is 1.46. The van der Waals surface area contributed by atoms with Crippen molar-refractivity contribution in [3.05, 3.63) is 29.8 Å². The van der Waals surface area contributed by atoms with E-state index in [2.05, 4.69) is 28.1 Å². The molecule has 1 aliphatic carbocycles. The summed E-state index contributed by atoms with van der Waals surface area (Å²) in [5.41, 5.74) is 7.33. The Morgan fingerprint density at radius 2 is 2.17 bits per heavy atom. The van der Waals surface area contributed by atoms with Gasteiger partial charge in [-0.3, -0.25) is 4.99 Å². The van der Waals surface area contributed by atoms with Crippen molar-refractivity contribution in [3.63, 3.8) is 0 Å². The summed E-state index contributed by atoms with van der Waals surface area (Å²) in [5.74, 6) is 1.72. The molecule has 3 aliphatic rings. The van der Waals surface area contributed by atoms with Gasteiger partial charge in [0, 0.05) is 18.0 Å². The number of fused-ring (bicyclic) bond motifs is 2. The van der Waals surface area contributed by atoms with Gasteiger partial charge in [-0.1, -0.05) is 18.2 Å². The summed E-state index contributed by atoms with van der Waals surface area (Å²) in [4.78, 5) is 6.87. The molecule has 0 bridgehead atoms. The van der Waals surface area contributed by atoms with Gasteiger partial charge in [0.15, 0.2) is 5.96 Å². The highest BCUT2D eigenvalue weighted by Gasteiger charge is 2.52. The fraction of sp³-hybridized carbons (Fsp3) is 0.500. The van der Waals surface area contributed by atoms with E-state index < -0.39 is 0 Å². The minimum atomic E-state index is -0.0416. The van der Waals surface area contributed by atoms with E-state index in [1.54, 1.807) is 0 Å². The number of guanidine groups is 1. The Bertz CT molecular complexity index is 524. The fourth-order valence-corrected chi connectivity index (χ4v) is 3.31. The highest BCUT2D eigenvalue weighted by Crippen LogP contribution is 2.48. The van der Waals surface area contributed by atoms with Crippen LogP contribution in [0.15, 0.2) is 29.3 Å². The number of benzene rings is 1. The molecule has 0 radical (unpaired) electrons. The molecule has 0 aromatic heterocycles. The van der Waals surface area contributed by atoms with E-state index in [0.717, 1.165) is 25.3 Å². The molecule has 1 atom stereocenters. The largest absolute Gasteiger partial charge is 0.493 e. The summed E-state index contributed by atoms with van der Waals surface area (Å²) in [6.45, 7) is 1.53. The Labute approximate surface area is 106 Å². The van der Waals surface area contributed by atoms with Gasteiger partial charge in [0.05, 0.1) is 18.7 Å². The lowest BCUT2D eigenvalue weighted by molar-refractivity contribution is 0.116. The molecule has 1 fully saturated rings. The molecule has 2 N–H and O–H groups in total. The summed E-state index contributed by atoms with van der Waals surface area (Å²) in [6, 6.07) is 8.91. The highest BCUT2D eigenvalue weighted by molar-refractivity contribution is 5.82. The number of hydrogen-bond donors (Lipinski definition) is 1. The molecule has 0 amide bonds. The highest BCUT2D eigenvalue weighted by atomic mass is 16.5. The number of ether oxygens (including phenoxy) is 1. The molecule has 4 heteroatoms. The maximum absolute atomic E-state index is 6.12. The quantitative estimate of drug-likeness (QED) is 0.812. The molecule has 18 heavy (non-hydrogen) atoms. The molecule has 94 valence electrons. The van der Waals surface area contributed by atoms with Gasteiger partial charge in [0.2, 0.25) is 0 Å². The van der Waals surface area contributed by atoms with Gasteiger partial charge in [-0.2, -0.15) is 0 Å². The monoisotopic (exact) mass is 243 g/mol. The van der Waals surface area contributed by atoms with Crippen LogP contribution >= 0.6 is 0 Å². The van der Waals surface area contributed by atoms with Crippen LogP contribution in [0.5, 0.6) is 5.75 Å². The zero-order valence-corrected chi connectivity index (χ0v) is 10.3. The fourth-order valence-electron chi connectivity index (χ4n) is 3.31. The third-order valence-corrected chi connectivity index (χ3v) is 4.28. The molecule has 1 spiro atoms. The van der Waals surface area contributed by atoms with Crippen LogP contribution in [0, 0.1) is 0 Å². The van der Waals surface area contributed by atoms with Crippen LogP contribution in [0.1, 0.15) is 24.8 Å². The molecule has 1 unspecified atom stereocenters. The normalized spacial score (nSPS) is 30.0. The van der Waals surface area contributed by atoms with Gasteiger partial charge in [-0.25, -0.2) is 0 Å². The first-order chi connectivity index (χ1) is 8.81. The van der Waals surface area contributed by atoms with Gasteiger partial charge in [-0.15, -0.1) is 0 Å². The minimum Gasteiger partial charge on any atom is -0.493 e. The molecule has 1 aromatic rings. The number of nitrogens with two attached hydrogens (primary N) is 1. The molecule has 2 aliphatic heterocycles. The van der Waals surface area contributed by atoms with Crippen LogP contribution in [0.3, 0.4) is 0 Å². The second-order valence-corrected chi connectivity index (χ2v) is 5.40. The summed E-state index contributed by atoms with van der Waals surface area (Å²) in [6.07, 6.45) is 3.45. The van der Waals surface area contributed by atoms with Crippen LogP contribution < -0.4 is 10.5 Å². The molecular formula is C14H17N3O. The molecule has 4 rings (SSSR count). The number of hydrogen-bond acceptors (Lipinski definition) is 4. The van der Waals surface area contributed by atoms with Crippen LogP contribution in [0.2, 0.25) is 0 Å². The number of rotatable bonds is 1. The van der Waals surface area contributed by atoms with Crippen molar-refractivity contribution in [1.82, 2.24) is 4.90 Å². The molecule has 4 nitrogen and oxygen atoms in total. The van der Waals surface area contributed by atoms with Gasteiger partial charge >= 0.3 is 0 Å². The molecule has 0 saturated heterocycles. The minimum absolute atomic E-state index is 0.0416. The lowest BCUT2D eigenvalue weighted by atomic mass is 9.83. The smallest absolute Gasteiger partial charge is 0.192 e. The van der Waals surface area contributed by atoms with Crippen molar-refractivity contribution >= 4 is 5.96 Å². The first kappa shape index (κ1) is 10.2. The zero-order valence-electron chi connectivity index (χ0n) is 10.3. The first-order valence-electron chi connectivity index (χ1n) is 6.63. The van der Waals surface area contributed by atoms with Crippen molar-refractivity contribution in [2.24, 2.45) is 10.7 Å². The van der Waals surface area contributed by atoms with Gasteiger partial charge in [0.1, 0.15) is 5.75 Å². The maximum Gasteiger partial charge on any atom is 0.192 e. The zero-order chi connectivity index (χ0) is 12.2. The molecule has 2 heterocycles. The van der Waals surface area contributed by atoms with Crippen LogP contribution in [0.25, 0.3) is 0 Å². The Balaban J connectivity index is 1.85. The van der Waals surface area contributed by atoms with E-state index >= 15 is 0 Å². The van der Waals surface area contributed by atoms with E-state index in [1.807, 2.05) is 6.07 Å². The Morgan fingerprint density at radius 3 is 3.00 bits per heavy atom. The van der Waals surface area contributed by atoms with E-state index in [9.17, 15) is 0 Å². The van der Waals surface area contributed by atoms with E-state index in [4.69, 9.17) is 10.5 Å². The Hall–Kier alpha value is -1.71. The molecular weight excluding hydrogens is 226 g/mol. The number of nitrogens with zero attached hydrogens (tertiary/aromatic N) is 2. The summed E-state index contributed by atoms with van der Waals surface area (Å²) >= 11 is 0. The van der Waals surface area contributed by atoms with Crippen LogP contribution in [-0.2, 0) is 5.54 Å². The van der Waals surface area contributed by atoms with E-state index in [0.29, 0.717) is 12.0 Å². The van der Waals surface area contributed by atoms with Gasteiger partial charge in [0.25, 0.3) is 0 Å². The third kappa shape index (κ3) is 1.23. The van der Waals surface area contributed by atoms with Crippen molar-refractivity contribution in [2.45, 2.75) is 30.8 Å². The second-order valence-electron chi connectivity index (χ2n) is 5.40. The predicted molar refractivity (Wildman–Crippen MR) is 69.6 cm³/mol. The average Bonchev–Trinajstić information content (AvgIpc) is 3.17. The van der Waals surface area contributed by atoms with Crippen LogP contribution in [-0.4, -0.2) is 30.1 Å². The summed E-state index contributed by atoms with van der Waals surface area (Å²) in [5, 5.41) is 0. The lowest BCUT2D eigenvalue weighted by Crippen LogP contribution is -2.52. The maximum atomic E-state index is 6.12. The average molecular weight is 243 g/mol. The molecule has 1 aromatic carbocycles. The lowest BCUT2D eigenvalue weighted by Gasteiger charge is -2.43. The van der Waals surface area contributed by atoms with Gasteiger partial charge in [-0.05, 0) is 18.9 Å². The van der Waals surface area contributed by atoms with Crippen LogP contribution in [0.4, 0.5) is 0 Å². The Kier molecular flexibility index (Phi) is 1.93. The van der Waals surface area contributed by atoms with Gasteiger partial charge < -0.3 is 15.4 Å². The summed E-state index contributed by atoms with van der Waals surface area (Å²) in [7, 11) is 0. The summed E-state index contributed by atoms with van der Waals surface area (Å²) < 4.78 is 5.78. The van der Waals surface area contributed by atoms with Crippen molar-refractivity contribution < 1.29 is 4.74 Å². The van der Waals surface area contributed by atoms with E-state index in [1.165, 1.54) is 18.4 Å². The van der Waals surface area contributed by atoms with Crippen molar-refractivity contribution in [3.8, 4) is 5.75 Å².